The zero-order valence-corrected chi connectivity index (χ0v) is 12.2. The van der Waals surface area contributed by atoms with Gasteiger partial charge in [-0.25, -0.2) is 4.89 Å². The number of ether oxygens (including phenoxy) is 2. The average Bonchev–Trinajstić information content (AvgIpc) is 2.49. The summed E-state index contributed by atoms with van der Waals surface area (Å²) >= 11 is 0. The van der Waals surface area contributed by atoms with E-state index in [1.165, 1.54) is 6.42 Å². The van der Waals surface area contributed by atoms with E-state index in [1.807, 2.05) is 0 Å². The highest BCUT2D eigenvalue weighted by Gasteiger charge is 2.62. The van der Waals surface area contributed by atoms with E-state index in [0.29, 0.717) is 24.4 Å². The van der Waals surface area contributed by atoms with Crippen LogP contribution < -0.4 is 0 Å². The van der Waals surface area contributed by atoms with Crippen LogP contribution >= 0.6 is 0 Å². The third-order valence-corrected chi connectivity index (χ3v) is 5.62. The van der Waals surface area contributed by atoms with Crippen LogP contribution in [0.2, 0.25) is 0 Å². The first-order chi connectivity index (χ1) is 8.99. The molecule has 0 aromatic rings. The average molecular weight is 270 g/mol. The summed E-state index contributed by atoms with van der Waals surface area (Å²) < 4.78 is 12.0. The van der Waals surface area contributed by atoms with Gasteiger partial charge in [0.2, 0.25) is 0 Å². The van der Waals surface area contributed by atoms with Crippen molar-refractivity contribution < 1.29 is 19.6 Å². The molecule has 2 heterocycles. The molecule has 0 spiro atoms. The van der Waals surface area contributed by atoms with Gasteiger partial charge in [0.1, 0.15) is 0 Å². The minimum Gasteiger partial charge on any atom is -0.350 e. The van der Waals surface area contributed by atoms with Crippen molar-refractivity contribution in [2.75, 3.05) is 6.61 Å². The van der Waals surface area contributed by atoms with Crippen LogP contribution in [0, 0.1) is 17.8 Å². The van der Waals surface area contributed by atoms with Crippen molar-refractivity contribution in [1.82, 2.24) is 0 Å². The standard InChI is InChI=1S/C15H26O4/c1-10-4-5-11-7-9-17-13-15(11,19-16)12(10)6-8-14(2,3)18-13/h10-13,16H,4-9H2,1-3H3/t10-,11?,12+,13-,15+/m1/s1. The van der Waals surface area contributed by atoms with Gasteiger partial charge in [0.15, 0.2) is 11.9 Å². The second-order valence-electron chi connectivity index (χ2n) is 7.21. The van der Waals surface area contributed by atoms with Crippen molar-refractivity contribution >= 4 is 0 Å². The lowest BCUT2D eigenvalue weighted by molar-refractivity contribution is -0.433. The lowest BCUT2D eigenvalue weighted by atomic mass is 9.60. The maximum absolute atomic E-state index is 9.74. The predicted molar refractivity (Wildman–Crippen MR) is 70.6 cm³/mol. The summed E-state index contributed by atoms with van der Waals surface area (Å²) in [7, 11) is 0. The summed E-state index contributed by atoms with van der Waals surface area (Å²) in [5.41, 5.74) is -0.862. The van der Waals surface area contributed by atoms with Gasteiger partial charge in [-0.3, -0.25) is 5.26 Å². The molecule has 110 valence electrons. The lowest BCUT2D eigenvalue weighted by Gasteiger charge is -2.54. The van der Waals surface area contributed by atoms with Gasteiger partial charge in [0, 0.05) is 0 Å². The first-order valence-electron chi connectivity index (χ1n) is 7.61. The second kappa shape index (κ2) is 4.69. The van der Waals surface area contributed by atoms with Crippen LogP contribution in [-0.2, 0) is 14.4 Å². The third kappa shape index (κ3) is 2.04. The second-order valence-corrected chi connectivity index (χ2v) is 7.21. The molecule has 0 aromatic heterocycles. The summed E-state index contributed by atoms with van der Waals surface area (Å²) in [6.07, 6.45) is 4.87. The molecule has 0 bridgehead atoms. The Balaban J connectivity index is 2.02. The van der Waals surface area contributed by atoms with Gasteiger partial charge in [0.05, 0.1) is 12.2 Å². The quantitative estimate of drug-likeness (QED) is 0.587. The Bertz CT molecular complexity index is 343. The maximum atomic E-state index is 9.74. The Kier molecular flexibility index (Phi) is 3.41. The number of rotatable bonds is 1. The summed E-state index contributed by atoms with van der Waals surface area (Å²) in [4.78, 5) is 5.14. The molecule has 0 radical (unpaired) electrons. The van der Waals surface area contributed by atoms with Gasteiger partial charge < -0.3 is 9.47 Å². The molecule has 3 fully saturated rings. The van der Waals surface area contributed by atoms with Crippen molar-refractivity contribution in [3.8, 4) is 0 Å². The molecule has 3 rings (SSSR count). The van der Waals surface area contributed by atoms with Crippen molar-refractivity contribution in [2.24, 2.45) is 17.8 Å². The zero-order chi connectivity index (χ0) is 13.7. The van der Waals surface area contributed by atoms with E-state index in [-0.39, 0.29) is 5.60 Å². The smallest absolute Gasteiger partial charge is 0.190 e. The van der Waals surface area contributed by atoms with E-state index in [4.69, 9.17) is 14.4 Å². The molecule has 0 amide bonds. The first-order valence-corrected chi connectivity index (χ1v) is 7.61. The molecule has 2 aliphatic heterocycles. The van der Waals surface area contributed by atoms with Gasteiger partial charge in [-0.2, -0.15) is 0 Å². The van der Waals surface area contributed by atoms with Crippen molar-refractivity contribution in [3.63, 3.8) is 0 Å². The minimum atomic E-state index is -0.649. The Hall–Kier alpha value is -0.160. The monoisotopic (exact) mass is 270 g/mol. The van der Waals surface area contributed by atoms with Crippen LogP contribution in [-0.4, -0.2) is 29.4 Å². The largest absolute Gasteiger partial charge is 0.350 e. The highest BCUT2D eigenvalue weighted by Crippen LogP contribution is 2.54. The van der Waals surface area contributed by atoms with E-state index in [2.05, 4.69) is 20.8 Å². The molecular formula is C15H26O4. The summed E-state index contributed by atoms with van der Waals surface area (Å²) in [5, 5.41) is 9.74. The van der Waals surface area contributed by atoms with Crippen molar-refractivity contribution in [2.45, 2.75) is 70.4 Å². The number of hydrogen-bond donors (Lipinski definition) is 1. The zero-order valence-electron chi connectivity index (χ0n) is 12.2. The highest BCUT2D eigenvalue weighted by atomic mass is 17.1. The third-order valence-electron chi connectivity index (χ3n) is 5.62. The maximum Gasteiger partial charge on any atom is 0.190 e. The van der Waals surface area contributed by atoms with E-state index < -0.39 is 11.9 Å². The number of hydrogen-bond acceptors (Lipinski definition) is 4. The van der Waals surface area contributed by atoms with Gasteiger partial charge in [-0.1, -0.05) is 6.92 Å². The van der Waals surface area contributed by atoms with Gasteiger partial charge in [-0.05, 0) is 63.7 Å². The van der Waals surface area contributed by atoms with Gasteiger partial charge in [-0.15, -0.1) is 0 Å². The SMILES string of the molecule is C[C@@H]1CCC2CCO[C@@H]3OC(C)(C)CC[C@@H]1[C@@]23OO. The first kappa shape index (κ1) is 13.8. The fourth-order valence-corrected chi connectivity index (χ4v) is 4.50. The molecule has 19 heavy (non-hydrogen) atoms. The van der Waals surface area contributed by atoms with Crippen LogP contribution in [0.5, 0.6) is 0 Å². The van der Waals surface area contributed by atoms with E-state index >= 15 is 0 Å². The fourth-order valence-electron chi connectivity index (χ4n) is 4.50. The van der Waals surface area contributed by atoms with Crippen molar-refractivity contribution in [1.29, 1.82) is 0 Å². The minimum absolute atomic E-state index is 0.213. The van der Waals surface area contributed by atoms with Crippen LogP contribution in [0.1, 0.15) is 52.9 Å². The Morgan fingerprint density at radius 3 is 2.68 bits per heavy atom. The summed E-state index contributed by atoms with van der Waals surface area (Å²) in [6, 6.07) is 0. The van der Waals surface area contributed by atoms with E-state index in [9.17, 15) is 5.26 Å². The Morgan fingerprint density at radius 1 is 1.16 bits per heavy atom. The van der Waals surface area contributed by atoms with Crippen LogP contribution in [0.25, 0.3) is 0 Å². The predicted octanol–water partition coefficient (Wildman–Crippen LogP) is 3.21. The molecule has 4 nitrogen and oxygen atoms in total. The molecule has 1 unspecified atom stereocenters. The molecule has 1 saturated carbocycles. The summed E-state index contributed by atoms with van der Waals surface area (Å²) in [5.74, 6) is 1.22. The Morgan fingerprint density at radius 2 is 1.95 bits per heavy atom. The van der Waals surface area contributed by atoms with Crippen molar-refractivity contribution in [3.05, 3.63) is 0 Å². The molecule has 1 aliphatic carbocycles. The highest BCUT2D eigenvalue weighted by molar-refractivity contribution is 5.05. The molecule has 0 aromatic carbocycles. The molecule has 5 atom stereocenters. The molecule has 4 heteroatoms. The lowest BCUT2D eigenvalue weighted by Crippen LogP contribution is -2.63. The van der Waals surface area contributed by atoms with Crippen LogP contribution in [0.15, 0.2) is 0 Å². The molecule has 2 saturated heterocycles. The summed E-state index contributed by atoms with van der Waals surface area (Å²) in [6.45, 7) is 7.18. The normalized spacial score (nSPS) is 49.3. The van der Waals surface area contributed by atoms with Gasteiger partial charge in [0.25, 0.3) is 0 Å². The van der Waals surface area contributed by atoms with Gasteiger partial charge >= 0.3 is 0 Å². The van der Waals surface area contributed by atoms with Crippen LogP contribution in [0.3, 0.4) is 0 Å². The van der Waals surface area contributed by atoms with E-state index in [0.717, 1.165) is 25.7 Å². The topological polar surface area (TPSA) is 47.9 Å². The van der Waals surface area contributed by atoms with Crippen LogP contribution in [0.4, 0.5) is 0 Å². The molecule has 1 N–H and O–H groups in total. The van der Waals surface area contributed by atoms with E-state index in [1.54, 1.807) is 0 Å². The fraction of sp³-hybridized carbons (Fsp3) is 1.00. The Labute approximate surface area is 115 Å². The molecule has 3 aliphatic rings. The molecular weight excluding hydrogens is 244 g/mol.